The topological polar surface area (TPSA) is 46.5 Å². The summed E-state index contributed by atoms with van der Waals surface area (Å²) in [5.41, 5.74) is -3.48. The zero-order valence-corrected chi connectivity index (χ0v) is 7.84. The summed E-state index contributed by atoms with van der Waals surface area (Å²) in [5.74, 6) is -5.14. The van der Waals surface area contributed by atoms with Crippen LogP contribution in [-0.4, -0.2) is 29.5 Å². The largest absolute Gasteiger partial charge is 0.463 e. The van der Waals surface area contributed by atoms with Crippen molar-refractivity contribution >= 4 is 5.97 Å². The van der Waals surface area contributed by atoms with Gasteiger partial charge < -0.3 is 9.84 Å². The molecule has 15 heavy (non-hydrogen) atoms. The van der Waals surface area contributed by atoms with Crippen LogP contribution in [0, 0.1) is 0 Å². The molecule has 0 bridgehead atoms. The number of alkyl halides is 1. The summed E-state index contributed by atoms with van der Waals surface area (Å²) < 4.78 is 43.7. The van der Waals surface area contributed by atoms with E-state index in [1.165, 1.54) is 6.92 Å². The Labute approximate surface area is 83.8 Å². The first-order chi connectivity index (χ1) is 6.94. The van der Waals surface area contributed by atoms with Gasteiger partial charge in [-0.3, -0.25) is 0 Å². The van der Waals surface area contributed by atoms with E-state index in [9.17, 15) is 18.0 Å². The number of rotatable bonds is 2. The quantitative estimate of drug-likeness (QED) is 0.717. The molecule has 0 aromatic heterocycles. The van der Waals surface area contributed by atoms with Crippen molar-refractivity contribution in [1.82, 2.24) is 0 Å². The van der Waals surface area contributed by atoms with Crippen molar-refractivity contribution in [3.8, 4) is 0 Å². The SMILES string of the molecule is CCOC(=O)C1(F)C(F)=C(F)C=CC1O. The molecule has 1 aliphatic carbocycles. The number of aliphatic hydroxyl groups excluding tert-OH is 1. The van der Waals surface area contributed by atoms with E-state index >= 15 is 0 Å². The third kappa shape index (κ3) is 1.77. The van der Waals surface area contributed by atoms with Gasteiger partial charge in [-0.05, 0) is 19.1 Å². The molecule has 84 valence electrons. The predicted molar refractivity (Wildman–Crippen MR) is 44.9 cm³/mol. The molecular formula is C9H9F3O3. The molecule has 0 aromatic carbocycles. The molecule has 0 aromatic rings. The van der Waals surface area contributed by atoms with Gasteiger partial charge in [0.15, 0.2) is 11.7 Å². The highest BCUT2D eigenvalue weighted by molar-refractivity contribution is 5.85. The molecule has 3 nitrogen and oxygen atoms in total. The Morgan fingerprint density at radius 2 is 2.27 bits per heavy atom. The van der Waals surface area contributed by atoms with Crippen molar-refractivity contribution in [2.45, 2.75) is 18.7 Å². The normalized spacial score (nSPS) is 30.6. The highest BCUT2D eigenvalue weighted by atomic mass is 19.2. The number of ether oxygens (including phenoxy) is 1. The Morgan fingerprint density at radius 1 is 1.67 bits per heavy atom. The average molecular weight is 222 g/mol. The molecular weight excluding hydrogens is 213 g/mol. The predicted octanol–water partition coefficient (Wildman–Crippen LogP) is 1.34. The Morgan fingerprint density at radius 3 is 2.80 bits per heavy atom. The van der Waals surface area contributed by atoms with Crippen LogP contribution in [0.5, 0.6) is 0 Å². The lowest BCUT2D eigenvalue weighted by atomic mass is 9.92. The van der Waals surface area contributed by atoms with Gasteiger partial charge in [0.25, 0.3) is 5.67 Å². The second-order valence-electron chi connectivity index (χ2n) is 2.90. The Kier molecular flexibility index (Phi) is 3.18. The first-order valence-corrected chi connectivity index (χ1v) is 4.22. The molecule has 0 fully saturated rings. The number of hydrogen-bond acceptors (Lipinski definition) is 3. The molecule has 0 amide bonds. The molecule has 0 saturated heterocycles. The molecule has 0 saturated carbocycles. The summed E-state index contributed by atoms with van der Waals surface area (Å²) in [5, 5.41) is 9.11. The lowest BCUT2D eigenvalue weighted by Gasteiger charge is -2.26. The van der Waals surface area contributed by atoms with Crippen molar-refractivity contribution in [1.29, 1.82) is 0 Å². The van der Waals surface area contributed by atoms with Gasteiger partial charge in [0.2, 0.25) is 0 Å². The first-order valence-electron chi connectivity index (χ1n) is 4.22. The van der Waals surface area contributed by atoms with E-state index in [1.807, 2.05) is 0 Å². The summed E-state index contributed by atoms with van der Waals surface area (Å²) in [6, 6.07) is 0. The fourth-order valence-corrected chi connectivity index (χ4v) is 1.13. The first kappa shape index (κ1) is 11.8. The summed E-state index contributed by atoms with van der Waals surface area (Å²) >= 11 is 0. The van der Waals surface area contributed by atoms with Gasteiger partial charge in [-0.2, -0.15) is 0 Å². The number of carbonyl (C=O) groups is 1. The van der Waals surface area contributed by atoms with Crippen molar-refractivity contribution in [3.05, 3.63) is 23.8 Å². The Bertz CT molecular complexity index is 337. The summed E-state index contributed by atoms with van der Waals surface area (Å²) in [6.07, 6.45) is -0.886. The highest BCUT2D eigenvalue weighted by Crippen LogP contribution is 2.36. The van der Waals surface area contributed by atoms with E-state index in [-0.39, 0.29) is 6.61 Å². The van der Waals surface area contributed by atoms with Crippen molar-refractivity contribution in [2.24, 2.45) is 0 Å². The number of allylic oxidation sites excluding steroid dienone is 2. The van der Waals surface area contributed by atoms with Gasteiger partial charge in [0, 0.05) is 0 Å². The van der Waals surface area contributed by atoms with Gasteiger partial charge in [-0.25, -0.2) is 18.0 Å². The Hall–Kier alpha value is -1.30. The fraction of sp³-hybridized carbons (Fsp3) is 0.444. The van der Waals surface area contributed by atoms with Gasteiger partial charge in [0.1, 0.15) is 6.10 Å². The second-order valence-corrected chi connectivity index (χ2v) is 2.90. The lowest BCUT2D eigenvalue weighted by Crippen LogP contribution is -2.48. The maximum absolute atomic E-state index is 13.7. The van der Waals surface area contributed by atoms with Crippen LogP contribution >= 0.6 is 0 Å². The minimum Gasteiger partial charge on any atom is -0.463 e. The van der Waals surface area contributed by atoms with Crippen LogP contribution in [0.4, 0.5) is 13.2 Å². The smallest absolute Gasteiger partial charge is 0.354 e. The van der Waals surface area contributed by atoms with Crippen LogP contribution in [0.3, 0.4) is 0 Å². The number of hydrogen-bond donors (Lipinski definition) is 1. The molecule has 0 aliphatic heterocycles. The zero-order chi connectivity index (χ0) is 11.6. The van der Waals surface area contributed by atoms with E-state index in [1.54, 1.807) is 0 Å². The van der Waals surface area contributed by atoms with E-state index in [0.29, 0.717) is 12.2 Å². The number of carbonyl (C=O) groups excluding carboxylic acids is 1. The molecule has 1 rings (SSSR count). The van der Waals surface area contributed by atoms with Gasteiger partial charge >= 0.3 is 5.97 Å². The summed E-state index contributed by atoms with van der Waals surface area (Å²) in [6.45, 7) is 1.18. The number of aliphatic hydroxyl groups is 1. The van der Waals surface area contributed by atoms with E-state index < -0.39 is 29.4 Å². The fourth-order valence-electron chi connectivity index (χ4n) is 1.13. The van der Waals surface area contributed by atoms with Crippen LogP contribution < -0.4 is 0 Å². The molecule has 0 heterocycles. The maximum Gasteiger partial charge on any atom is 0.354 e. The van der Waals surface area contributed by atoms with Gasteiger partial charge in [-0.1, -0.05) is 0 Å². The van der Waals surface area contributed by atoms with Gasteiger partial charge in [0.05, 0.1) is 6.61 Å². The molecule has 2 unspecified atom stereocenters. The standard InChI is InChI=1S/C9H9F3O3/c1-2-15-8(14)9(12)6(13)4-3-5(10)7(9)11/h3-4,6,13H,2H2,1H3. The lowest BCUT2D eigenvalue weighted by molar-refractivity contribution is -0.161. The van der Waals surface area contributed by atoms with E-state index in [0.717, 1.165) is 0 Å². The molecule has 6 heteroatoms. The van der Waals surface area contributed by atoms with Crippen LogP contribution in [-0.2, 0) is 9.53 Å². The Balaban J connectivity index is 3.10. The molecule has 1 N–H and O–H groups in total. The van der Waals surface area contributed by atoms with Crippen molar-refractivity contribution in [3.63, 3.8) is 0 Å². The molecule has 0 spiro atoms. The third-order valence-electron chi connectivity index (χ3n) is 1.93. The van der Waals surface area contributed by atoms with Crippen molar-refractivity contribution in [2.75, 3.05) is 6.61 Å². The second kappa shape index (κ2) is 4.06. The minimum absolute atomic E-state index is 0.199. The monoisotopic (exact) mass is 222 g/mol. The zero-order valence-electron chi connectivity index (χ0n) is 7.84. The van der Waals surface area contributed by atoms with Crippen LogP contribution in [0.2, 0.25) is 0 Å². The maximum atomic E-state index is 13.7. The van der Waals surface area contributed by atoms with Crippen LogP contribution in [0.1, 0.15) is 6.92 Å². The van der Waals surface area contributed by atoms with Crippen LogP contribution in [0.25, 0.3) is 0 Å². The average Bonchev–Trinajstić information content (AvgIpc) is 2.21. The number of halogens is 3. The van der Waals surface area contributed by atoms with Gasteiger partial charge in [-0.15, -0.1) is 0 Å². The molecule has 0 radical (unpaired) electrons. The van der Waals surface area contributed by atoms with Crippen molar-refractivity contribution < 1.29 is 27.8 Å². The van der Waals surface area contributed by atoms with E-state index in [4.69, 9.17) is 5.11 Å². The minimum atomic E-state index is -3.48. The number of esters is 1. The third-order valence-corrected chi connectivity index (χ3v) is 1.93. The van der Waals surface area contributed by atoms with Crippen LogP contribution in [0.15, 0.2) is 23.8 Å². The van der Waals surface area contributed by atoms with E-state index in [2.05, 4.69) is 4.74 Å². The highest BCUT2D eigenvalue weighted by Gasteiger charge is 2.54. The molecule has 2 atom stereocenters. The summed E-state index contributed by atoms with van der Waals surface area (Å²) in [7, 11) is 0. The summed E-state index contributed by atoms with van der Waals surface area (Å²) in [4.78, 5) is 11.1. The molecule has 1 aliphatic rings.